The van der Waals surface area contributed by atoms with Gasteiger partial charge >= 0.3 is 0 Å². The molecule has 2 aliphatic heterocycles. The quantitative estimate of drug-likeness (QED) is 0.822. The van der Waals surface area contributed by atoms with E-state index in [1.165, 1.54) is 5.56 Å². The van der Waals surface area contributed by atoms with Crippen LogP contribution in [0.3, 0.4) is 0 Å². The van der Waals surface area contributed by atoms with E-state index in [1.54, 1.807) is 0 Å². The fourth-order valence-corrected chi connectivity index (χ4v) is 4.64. The topological polar surface area (TPSA) is 64.8 Å². The monoisotopic (exact) mass is 374 g/mol. The van der Waals surface area contributed by atoms with Crippen LogP contribution in [-0.4, -0.2) is 41.6 Å². The third-order valence-corrected chi connectivity index (χ3v) is 6.30. The highest BCUT2D eigenvalue weighted by Crippen LogP contribution is 2.40. The van der Waals surface area contributed by atoms with Gasteiger partial charge in [0, 0.05) is 29.7 Å². The van der Waals surface area contributed by atoms with Crippen molar-refractivity contribution in [2.45, 2.75) is 31.9 Å². The third-order valence-electron chi connectivity index (χ3n) is 4.97. The smallest absolute Gasteiger partial charge is 0.231 e. The van der Waals surface area contributed by atoms with Crippen molar-refractivity contribution in [3.05, 3.63) is 40.8 Å². The maximum atomic E-state index is 12.7. The zero-order chi connectivity index (χ0) is 18.1. The summed E-state index contributed by atoms with van der Waals surface area (Å²) in [6, 6.07) is 6.15. The molecule has 0 saturated carbocycles. The van der Waals surface area contributed by atoms with E-state index in [1.807, 2.05) is 36.6 Å². The standard InChI is InChI=1S/C19H22N2O4S/c1-12-15(13(2)25-20-12)10-19(22)21-6-5-18(26-8-7-21)14-3-4-16-17(9-14)24-11-23-16/h3-4,9,18H,5-8,10-11H2,1-2H3. The second-order valence-corrected chi connectivity index (χ2v) is 7.93. The van der Waals surface area contributed by atoms with Gasteiger partial charge in [0.15, 0.2) is 11.5 Å². The molecule has 3 heterocycles. The Hall–Kier alpha value is -2.15. The molecular formula is C19H22N2O4S. The molecule has 1 aromatic heterocycles. The summed E-state index contributed by atoms with van der Waals surface area (Å²) >= 11 is 1.90. The Morgan fingerprint density at radius 1 is 1.27 bits per heavy atom. The third kappa shape index (κ3) is 3.40. The van der Waals surface area contributed by atoms with Crippen molar-refractivity contribution < 1.29 is 18.8 Å². The summed E-state index contributed by atoms with van der Waals surface area (Å²) in [7, 11) is 0. The molecule has 4 rings (SSSR count). The lowest BCUT2D eigenvalue weighted by Gasteiger charge is -2.20. The van der Waals surface area contributed by atoms with Crippen LogP contribution in [-0.2, 0) is 11.2 Å². The van der Waals surface area contributed by atoms with Gasteiger partial charge in [-0.3, -0.25) is 4.79 Å². The Morgan fingerprint density at radius 3 is 2.92 bits per heavy atom. The van der Waals surface area contributed by atoms with Gasteiger partial charge in [0.05, 0.1) is 12.1 Å². The molecule has 26 heavy (non-hydrogen) atoms. The fourth-order valence-electron chi connectivity index (χ4n) is 3.42. The molecule has 1 aromatic carbocycles. The highest BCUT2D eigenvalue weighted by atomic mass is 32.2. The number of fused-ring (bicyclic) bond motifs is 1. The van der Waals surface area contributed by atoms with Gasteiger partial charge in [0.2, 0.25) is 12.7 Å². The number of amides is 1. The largest absolute Gasteiger partial charge is 0.454 e. The fraction of sp³-hybridized carbons (Fsp3) is 0.474. The molecule has 138 valence electrons. The SMILES string of the molecule is Cc1noc(C)c1CC(=O)N1CCSC(c2ccc3c(c2)OCO3)CC1. The molecule has 1 fully saturated rings. The summed E-state index contributed by atoms with van der Waals surface area (Å²) in [5, 5.41) is 4.30. The number of nitrogens with zero attached hydrogens (tertiary/aromatic N) is 2. The Balaban J connectivity index is 1.41. The van der Waals surface area contributed by atoms with E-state index < -0.39 is 0 Å². The van der Waals surface area contributed by atoms with Gasteiger partial charge in [-0.1, -0.05) is 11.2 Å². The van der Waals surface area contributed by atoms with Crippen molar-refractivity contribution in [3.8, 4) is 11.5 Å². The lowest BCUT2D eigenvalue weighted by Crippen LogP contribution is -2.34. The lowest BCUT2D eigenvalue weighted by atomic mass is 10.1. The van der Waals surface area contributed by atoms with Gasteiger partial charge in [-0.2, -0.15) is 11.8 Å². The number of hydrogen-bond donors (Lipinski definition) is 0. The van der Waals surface area contributed by atoms with Crippen LogP contribution in [0.5, 0.6) is 11.5 Å². The Morgan fingerprint density at radius 2 is 2.12 bits per heavy atom. The van der Waals surface area contributed by atoms with E-state index in [-0.39, 0.29) is 5.91 Å². The second-order valence-electron chi connectivity index (χ2n) is 6.62. The van der Waals surface area contributed by atoms with E-state index in [9.17, 15) is 4.79 Å². The summed E-state index contributed by atoms with van der Waals surface area (Å²) in [4.78, 5) is 14.7. The van der Waals surface area contributed by atoms with Crippen molar-refractivity contribution in [1.29, 1.82) is 0 Å². The van der Waals surface area contributed by atoms with Gasteiger partial charge in [-0.15, -0.1) is 0 Å². The molecule has 1 unspecified atom stereocenters. The molecule has 0 N–H and O–H groups in total. The first kappa shape index (κ1) is 17.3. The summed E-state index contributed by atoms with van der Waals surface area (Å²) in [6.45, 7) is 5.56. The number of benzene rings is 1. The van der Waals surface area contributed by atoms with E-state index in [0.717, 1.165) is 53.8 Å². The van der Waals surface area contributed by atoms with Crippen LogP contribution in [0.2, 0.25) is 0 Å². The molecule has 7 heteroatoms. The molecule has 2 aliphatic rings. The van der Waals surface area contributed by atoms with E-state index in [2.05, 4.69) is 17.3 Å². The average Bonchev–Trinajstić information content (AvgIpc) is 3.13. The van der Waals surface area contributed by atoms with Crippen LogP contribution < -0.4 is 9.47 Å². The Bertz CT molecular complexity index is 800. The maximum Gasteiger partial charge on any atom is 0.231 e. The molecule has 1 amide bonds. The molecule has 2 aromatic rings. The highest BCUT2D eigenvalue weighted by Gasteiger charge is 2.25. The van der Waals surface area contributed by atoms with Gasteiger partial charge in [0.25, 0.3) is 0 Å². The van der Waals surface area contributed by atoms with Crippen molar-refractivity contribution >= 4 is 17.7 Å². The van der Waals surface area contributed by atoms with Crippen LogP contribution >= 0.6 is 11.8 Å². The molecule has 0 bridgehead atoms. The number of thioether (sulfide) groups is 1. The van der Waals surface area contributed by atoms with Crippen molar-refractivity contribution in [2.24, 2.45) is 0 Å². The highest BCUT2D eigenvalue weighted by molar-refractivity contribution is 7.99. The van der Waals surface area contributed by atoms with Crippen LogP contribution in [0.4, 0.5) is 0 Å². The normalized spacial score (nSPS) is 19.5. The van der Waals surface area contributed by atoms with Crippen molar-refractivity contribution in [1.82, 2.24) is 10.1 Å². The van der Waals surface area contributed by atoms with Crippen LogP contribution in [0.15, 0.2) is 22.7 Å². The number of rotatable bonds is 3. The molecule has 0 radical (unpaired) electrons. The zero-order valence-corrected chi connectivity index (χ0v) is 15.8. The summed E-state index contributed by atoms with van der Waals surface area (Å²) in [6.07, 6.45) is 1.29. The molecule has 1 saturated heterocycles. The maximum absolute atomic E-state index is 12.7. The average molecular weight is 374 g/mol. The number of aryl methyl sites for hydroxylation is 2. The second kappa shape index (κ2) is 7.23. The molecule has 0 aliphatic carbocycles. The minimum atomic E-state index is 0.145. The number of aromatic nitrogens is 1. The minimum Gasteiger partial charge on any atom is -0.454 e. The Labute approximate surface area is 156 Å². The zero-order valence-electron chi connectivity index (χ0n) is 15.0. The number of carbonyl (C=O) groups excluding carboxylic acids is 1. The summed E-state index contributed by atoms with van der Waals surface area (Å²) in [5.41, 5.74) is 2.96. The van der Waals surface area contributed by atoms with E-state index in [0.29, 0.717) is 18.5 Å². The van der Waals surface area contributed by atoms with Crippen molar-refractivity contribution in [3.63, 3.8) is 0 Å². The van der Waals surface area contributed by atoms with Crippen LogP contribution in [0, 0.1) is 13.8 Å². The molecule has 0 spiro atoms. The summed E-state index contributed by atoms with van der Waals surface area (Å²) in [5.74, 6) is 3.43. The van der Waals surface area contributed by atoms with E-state index in [4.69, 9.17) is 14.0 Å². The van der Waals surface area contributed by atoms with Gasteiger partial charge in [-0.25, -0.2) is 0 Å². The molecular weight excluding hydrogens is 352 g/mol. The lowest BCUT2D eigenvalue weighted by molar-refractivity contribution is -0.130. The van der Waals surface area contributed by atoms with Crippen molar-refractivity contribution in [2.75, 3.05) is 25.6 Å². The first-order valence-electron chi connectivity index (χ1n) is 8.82. The Kier molecular flexibility index (Phi) is 4.80. The number of ether oxygens (including phenoxy) is 2. The van der Waals surface area contributed by atoms with Crippen LogP contribution in [0.1, 0.15) is 34.3 Å². The minimum absolute atomic E-state index is 0.145. The van der Waals surface area contributed by atoms with Crippen LogP contribution in [0.25, 0.3) is 0 Å². The van der Waals surface area contributed by atoms with Gasteiger partial charge in [0.1, 0.15) is 5.76 Å². The molecule has 1 atom stereocenters. The summed E-state index contributed by atoms with van der Waals surface area (Å²) < 4.78 is 16.1. The first-order valence-corrected chi connectivity index (χ1v) is 9.87. The van der Waals surface area contributed by atoms with Gasteiger partial charge in [-0.05, 0) is 38.0 Å². The van der Waals surface area contributed by atoms with E-state index >= 15 is 0 Å². The number of carbonyl (C=O) groups is 1. The predicted octanol–water partition coefficient (Wildman–Crippen LogP) is 3.27. The first-order chi connectivity index (χ1) is 12.6. The van der Waals surface area contributed by atoms with Gasteiger partial charge < -0.3 is 18.9 Å². The number of hydrogen-bond acceptors (Lipinski definition) is 6. The molecule has 6 nitrogen and oxygen atoms in total. The predicted molar refractivity (Wildman–Crippen MR) is 98.6 cm³/mol.